The third-order valence-electron chi connectivity index (χ3n) is 2.22. The molecule has 0 radical (unpaired) electrons. The molecule has 0 aromatic heterocycles. The van der Waals surface area contributed by atoms with Gasteiger partial charge in [-0.05, 0) is 0 Å². The van der Waals surface area contributed by atoms with Gasteiger partial charge in [0.2, 0.25) is 0 Å². The van der Waals surface area contributed by atoms with Crippen LogP contribution in [-0.2, 0) is 0 Å². The van der Waals surface area contributed by atoms with E-state index in [4.69, 9.17) is 23.2 Å². The second kappa shape index (κ2) is 6.15. The van der Waals surface area contributed by atoms with E-state index in [1.807, 2.05) is 24.3 Å². The molecule has 0 saturated heterocycles. The molecule has 0 spiro atoms. The van der Waals surface area contributed by atoms with Crippen molar-refractivity contribution in [2.45, 2.75) is 0 Å². The Hall–Kier alpha value is 1.27. The van der Waals surface area contributed by atoms with Crippen LogP contribution >= 0.6 is 60.6 Å². The Bertz CT molecular complexity index is 462. The predicted octanol–water partition coefficient (Wildman–Crippen LogP) is 4.42. The van der Waals surface area contributed by atoms with E-state index < -0.39 is 10.3 Å². The second-order valence-electron chi connectivity index (χ2n) is 3.38. The summed E-state index contributed by atoms with van der Waals surface area (Å²) >= 11 is 17.1. The molecule has 2 rings (SSSR count). The minimum atomic E-state index is -2.26. The Morgan fingerprint density at radius 1 is 0.647 bits per heavy atom. The molecular weight excluding hydrogens is 596 g/mol. The van der Waals surface area contributed by atoms with Crippen LogP contribution in [0.15, 0.2) is 48.5 Å². The number of halogens is 4. The Balaban J connectivity index is 2.41. The predicted molar refractivity (Wildman–Crippen MR) is 96.0 cm³/mol. The monoisotopic (exact) mass is 606 g/mol. The van der Waals surface area contributed by atoms with Crippen LogP contribution in [0.25, 0.3) is 0 Å². The standard InChI is InChI=1S/C12H8Cl2I2Te/c13-9-1-5-11(6-2-9)17(15,16)12-7-3-10(14)4-8-12/h1-8H. The van der Waals surface area contributed by atoms with E-state index in [0.717, 1.165) is 10.0 Å². The van der Waals surface area contributed by atoms with Crippen molar-refractivity contribution in [3.05, 3.63) is 58.6 Å². The fraction of sp³-hybridized carbons (Fsp3) is 0. The molecule has 2 aromatic carbocycles. The van der Waals surface area contributed by atoms with Crippen molar-refractivity contribution in [3.63, 3.8) is 0 Å². The number of rotatable bonds is 2. The molecule has 90 valence electrons. The van der Waals surface area contributed by atoms with E-state index in [1.54, 1.807) is 0 Å². The fourth-order valence-electron chi connectivity index (χ4n) is 1.35. The summed E-state index contributed by atoms with van der Waals surface area (Å²) in [6.07, 6.45) is 0. The molecule has 0 atom stereocenters. The molecule has 0 N–H and O–H groups in total. The first-order valence-corrected chi connectivity index (χ1v) is 21.4. The first-order valence-electron chi connectivity index (χ1n) is 4.74. The molecule has 17 heavy (non-hydrogen) atoms. The first-order chi connectivity index (χ1) is 8.00. The van der Waals surface area contributed by atoms with Crippen LogP contribution in [0.2, 0.25) is 10.0 Å². The summed E-state index contributed by atoms with van der Waals surface area (Å²) in [6.45, 7) is 0. The Morgan fingerprint density at radius 2 is 0.941 bits per heavy atom. The van der Waals surface area contributed by atoms with Crippen molar-refractivity contribution >= 4 is 78.1 Å². The van der Waals surface area contributed by atoms with Gasteiger partial charge in [-0.2, -0.15) is 0 Å². The van der Waals surface area contributed by atoms with Crippen molar-refractivity contribution in [3.8, 4) is 0 Å². The van der Waals surface area contributed by atoms with E-state index in [-0.39, 0.29) is 0 Å². The third kappa shape index (κ3) is 3.64. The van der Waals surface area contributed by atoms with Gasteiger partial charge in [-0.15, -0.1) is 0 Å². The van der Waals surface area contributed by atoms with Gasteiger partial charge in [0.05, 0.1) is 0 Å². The van der Waals surface area contributed by atoms with Crippen molar-refractivity contribution in [2.75, 3.05) is 0 Å². The van der Waals surface area contributed by atoms with E-state index in [1.165, 1.54) is 7.22 Å². The summed E-state index contributed by atoms with van der Waals surface area (Å²) in [5.74, 6) is 0. The maximum absolute atomic E-state index is 5.93. The van der Waals surface area contributed by atoms with Gasteiger partial charge < -0.3 is 0 Å². The molecule has 0 saturated carbocycles. The van der Waals surface area contributed by atoms with Crippen LogP contribution in [0.5, 0.6) is 0 Å². The zero-order chi connectivity index (χ0) is 12.5. The van der Waals surface area contributed by atoms with Gasteiger partial charge in [0.25, 0.3) is 0 Å². The van der Waals surface area contributed by atoms with E-state index in [2.05, 4.69) is 61.7 Å². The van der Waals surface area contributed by atoms with Crippen LogP contribution in [-0.4, -0.2) is 10.3 Å². The van der Waals surface area contributed by atoms with Gasteiger partial charge in [0.15, 0.2) is 0 Å². The van der Waals surface area contributed by atoms with E-state index in [9.17, 15) is 0 Å². The van der Waals surface area contributed by atoms with E-state index >= 15 is 0 Å². The van der Waals surface area contributed by atoms with Crippen LogP contribution < -0.4 is 7.22 Å². The van der Waals surface area contributed by atoms with Gasteiger partial charge in [-0.25, -0.2) is 0 Å². The topological polar surface area (TPSA) is 0 Å². The van der Waals surface area contributed by atoms with Crippen LogP contribution in [0.1, 0.15) is 0 Å². The molecule has 5 heteroatoms. The second-order valence-corrected chi connectivity index (χ2v) is 38.6. The quantitative estimate of drug-likeness (QED) is 0.352. The molecule has 0 amide bonds. The van der Waals surface area contributed by atoms with Crippen molar-refractivity contribution in [2.24, 2.45) is 0 Å². The maximum atomic E-state index is 5.93. The van der Waals surface area contributed by atoms with Crippen LogP contribution in [0, 0.1) is 0 Å². The summed E-state index contributed by atoms with van der Waals surface area (Å²) in [7, 11) is -2.26. The molecule has 0 fully saturated rings. The summed E-state index contributed by atoms with van der Waals surface area (Å²) in [5.41, 5.74) is 0. The third-order valence-corrected chi connectivity index (χ3v) is 21.3. The molecule has 0 aliphatic carbocycles. The van der Waals surface area contributed by atoms with E-state index in [0.29, 0.717) is 0 Å². The number of benzene rings is 2. The van der Waals surface area contributed by atoms with Crippen molar-refractivity contribution in [1.82, 2.24) is 0 Å². The summed E-state index contributed by atoms with van der Waals surface area (Å²) < 4.78 is 2.81. The molecule has 0 unspecified atom stereocenters. The van der Waals surface area contributed by atoms with Gasteiger partial charge in [-0.3, -0.25) is 0 Å². The van der Waals surface area contributed by atoms with Crippen molar-refractivity contribution in [1.29, 1.82) is 0 Å². The van der Waals surface area contributed by atoms with Crippen molar-refractivity contribution < 1.29 is 0 Å². The Morgan fingerprint density at radius 3 is 1.24 bits per heavy atom. The fourth-order valence-corrected chi connectivity index (χ4v) is 13.0. The summed E-state index contributed by atoms with van der Waals surface area (Å²) in [6, 6.07) is 16.4. The van der Waals surface area contributed by atoms with Crippen LogP contribution in [0.4, 0.5) is 0 Å². The zero-order valence-electron chi connectivity index (χ0n) is 8.54. The first kappa shape index (κ1) is 14.7. The molecule has 0 bridgehead atoms. The SMILES string of the molecule is Clc1ccc([Te](I)(I)c2ccc(Cl)cc2)cc1. The molecular formula is C12H8Cl2I2Te. The number of hydrogen-bond donors (Lipinski definition) is 0. The van der Waals surface area contributed by atoms with Crippen LogP contribution in [0.3, 0.4) is 0 Å². The minimum absolute atomic E-state index is 0.788. The van der Waals surface area contributed by atoms with Gasteiger partial charge in [0.1, 0.15) is 0 Å². The average molecular weight is 605 g/mol. The number of hydrogen-bond acceptors (Lipinski definition) is 0. The zero-order valence-corrected chi connectivity index (χ0v) is 16.7. The summed E-state index contributed by atoms with van der Waals surface area (Å²) in [5, 5.41) is 1.58. The van der Waals surface area contributed by atoms with Gasteiger partial charge in [0, 0.05) is 0 Å². The van der Waals surface area contributed by atoms with Gasteiger partial charge >= 0.3 is 137 Å². The van der Waals surface area contributed by atoms with Gasteiger partial charge in [-0.1, -0.05) is 0 Å². The molecule has 0 heterocycles. The molecule has 0 aliphatic heterocycles. The molecule has 0 nitrogen and oxygen atoms in total. The summed E-state index contributed by atoms with van der Waals surface area (Å²) in [4.78, 5) is 0. The Labute approximate surface area is 134 Å². The molecule has 2 aromatic rings. The average Bonchev–Trinajstić information content (AvgIpc) is 2.30. The molecule has 0 aliphatic rings. The normalized spacial score (nSPS) is 12.5. The Kier molecular flexibility index (Phi) is 5.31.